The summed E-state index contributed by atoms with van der Waals surface area (Å²) in [4.78, 5) is 4.12. The Bertz CT molecular complexity index is 272. The molecule has 0 amide bonds. The number of pyridine rings is 1. The summed E-state index contributed by atoms with van der Waals surface area (Å²) in [6.07, 6.45) is 6.28. The van der Waals surface area contributed by atoms with E-state index in [2.05, 4.69) is 16.4 Å². The maximum absolute atomic E-state index is 5.20. The predicted molar refractivity (Wildman–Crippen MR) is 55.0 cm³/mol. The molecule has 1 unspecified atom stereocenters. The van der Waals surface area contributed by atoms with Crippen molar-refractivity contribution in [3.8, 4) is 0 Å². The number of hydrogen-bond donors (Lipinski definition) is 1. The maximum Gasteiger partial charge on any atom is 0.0658 e. The Morgan fingerprint density at radius 2 is 2.50 bits per heavy atom. The molecule has 14 heavy (non-hydrogen) atoms. The quantitative estimate of drug-likeness (QED) is 0.768. The third-order valence-corrected chi connectivity index (χ3v) is 2.43. The van der Waals surface area contributed by atoms with Gasteiger partial charge in [-0.25, -0.2) is 0 Å². The summed E-state index contributed by atoms with van der Waals surface area (Å²) in [6.45, 7) is 0.711. The Balaban J connectivity index is 2.01. The van der Waals surface area contributed by atoms with Crippen molar-refractivity contribution in [2.75, 3.05) is 13.7 Å². The van der Waals surface area contributed by atoms with Crippen molar-refractivity contribution in [1.29, 1.82) is 0 Å². The molecule has 1 aromatic heterocycles. The van der Waals surface area contributed by atoms with E-state index in [9.17, 15) is 0 Å². The molecule has 0 spiro atoms. The summed E-state index contributed by atoms with van der Waals surface area (Å²) in [7, 11) is 1.73. The molecular formula is C11H16N2O. The van der Waals surface area contributed by atoms with Crippen molar-refractivity contribution in [3.05, 3.63) is 30.1 Å². The van der Waals surface area contributed by atoms with Crippen LogP contribution in [0.4, 0.5) is 0 Å². The molecule has 1 heterocycles. The third-order valence-electron chi connectivity index (χ3n) is 2.43. The van der Waals surface area contributed by atoms with Crippen LogP contribution in [-0.4, -0.2) is 24.7 Å². The first-order valence-corrected chi connectivity index (χ1v) is 5.05. The molecule has 2 rings (SSSR count). The van der Waals surface area contributed by atoms with Crippen molar-refractivity contribution in [2.24, 2.45) is 0 Å². The van der Waals surface area contributed by atoms with E-state index in [-0.39, 0.29) is 0 Å². The van der Waals surface area contributed by atoms with Crippen LogP contribution in [0.25, 0.3) is 0 Å². The topological polar surface area (TPSA) is 34.1 Å². The normalized spacial score (nSPS) is 18.1. The molecule has 1 saturated carbocycles. The first-order valence-electron chi connectivity index (χ1n) is 5.05. The van der Waals surface area contributed by atoms with E-state index in [4.69, 9.17) is 4.74 Å². The van der Waals surface area contributed by atoms with E-state index in [0.29, 0.717) is 18.7 Å². The lowest BCUT2D eigenvalue weighted by Gasteiger charge is -2.17. The number of aromatic nitrogens is 1. The highest BCUT2D eigenvalue weighted by atomic mass is 16.5. The minimum absolute atomic E-state index is 0.293. The largest absolute Gasteiger partial charge is 0.383 e. The fraction of sp³-hybridized carbons (Fsp3) is 0.545. The number of nitrogens with one attached hydrogen (secondary N) is 1. The molecule has 1 aromatic rings. The number of ether oxygens (including phenoxy) is 1. The lowest BCUT2D eigenvalue weighted by Crippen LogP contribution is -2.27. The third kappa shape index (κ3) is 2.53. The summed E-state index contributed by atoms with van der Waals surface area (Å²) in [6, 6.07) is 5.04. The molecule has 0 aromatic carbocycles. The Kier molecular flexibility index (Phi) is 3.11. The first kappa shape index (κ1) is 9.62. The van der Waals surface area contributed by atoms with E-state index in [1.165, 1.54) is 18.4 Å². The second-order valence-corrected chi connectivity index (χ2v) is 3.74. The van der Waals surface area contributed by atoms with E-state index in [1.807, 2.05) is 12.3 Å². The van der Waals surface area contributed by atoms with Crippen LogP contribution in [0, 0.1) is 0 Å². The zero-order chi connectivity index (χ0) is 9.80. The fourth-order valence-corrected chi connectivity index (χ4v) is 1.52. The predicted octanol–water partition coefficient (Wildman–Crippen LogP) is 1.52. The van der Waals surface area contributed by atoms with Gasteiger partial charge >= 0.3 is 0 Å². The smallest absolute Gasteiger partial charge is 0.0658 e. The van der Waals surface area contributed by atoms with Gasteiger partial charge in [0.2, 0.25) is 0 Å². The molecule has 1 aliphatic carbocycles. The summed E-state index contributed by atoms with van der Waals surface area (Å²) in [5.41, 5.74) is 1.21. The minimum atomic E-state index is 0.293. The van der Waals surface area contributed by atoms with Gasteiger partial charge in [0.15, 0.2) is 0 Å². The average Bonchev–Trinajstić information content (AvgIpc) is 3.03. The summed E-state index contributed by atoms with van der Waals surface area (Å²) < 4.78 is 5.20. The van der Waals surface area contributed by atoms with Gasteiger partial charge in [0.25, 0.3) is 0 Å². The molecule has 3 nitrogen and oxygen atoms in total. The molecular weight excluding hydrogens is 176 g/mol. The van der Waals surface area contributed by atoms with Gasteiger partial charge in [0, 0.05) is 25.5 Å². The summed E-state index contributed by atoms with van der Waals surface area (Å²) in [5, 5.41) is 3.54. The minimum Gasteiger partial charge on any atom is -0.383 e. The van der Waals surface area contributed by atoms with Gasteiger partial charge in [-0.3, -0.25) is 4.98 Å². The Morgan fingerprint density at radius 3 is 3.07 bits per heavy atom. The fourth-order valence-electron chi connectivity index (χ4n) is 1.52. The van der Waals surface area contributed by atoms with Crippen molar-refractivity contribution in [2.45, 2.75) is 24.9 Å². The van der Waals surface area contributed by atoms with Gasteiger partial charge in [-0.2, -0.15) is 0 Å². The monoisotopic (exact) mass is 192 g/mol. The van der Waals surface area contributed by atoms with Gasteiger partial charge < -0.3 is 10.1 Å². The average molecular weight is 192 g/mol. The molecule has 0 aliphatic heterocycles. The highest BCUT2D eigenvalue weighted by Gasteiger charge is 2.25. The SMILES string of the molecule is COCC(NC1CC1)c1cccnc1. The van der Waals surface area contributed by atoms with Crippen LogP contribution in [0.3, 0.4) is 0 Å². The van der Waals surface area contributed by atoms with Crippen molar-refractivity contribution >= 4 is 0 Å². The molecule has 1 atom stereocenters. The molecule has 3 heteroatoms. The maximum atomic E-state index is 5.20. The van der Waals surface area contributed by atoms with Crippen molar-refractivity contribution in [1.82, 2.24) is 10.3 Å². The summed E-state index contributed by atoms with van der Waals surface area (Å²) >= 11 is 0. The Morgan fingerprint density at radius 1 is 1.64 bits per heavy atom. The van der Waals surface area contributed by atoms with Crippen LogP contribution in [0.2, 0.25) is 0 Å². The first-order chi connectivity index (χ1) is 6.90. The highest BCUT2D eigenvalue weighted by molar-refractivity contribution is 5.14. The van der Waals surface area contributed by atoms with Crippen LogP contribution in [-0.2, 0) is 4.74 Å². The summed E-state index contributed by atoms with van der Waals surface area (Å²) in [5.74, 6) is 0. The standard InChI is InChI=1S/C11H16N2O/c1-14-8-11(13-10-4-5-10)9-3-2-6-12-7-9/h2-3,6-7,10-11,13H,4-5,8H2,1H3. The number of rotatable bonds is 5. The van der Waals surface area contributed by atoms with Gasteiger partial charge in [0.1, 0.15) is 0 Å². The Hall–Kier alpha value is -0.930. The zero-order valence-electron chi connectivity index (χ0n) is 8.44. The van der Waals surface area contributed by atoms with Crippen molar-refractivity contribution in [3.63, 3.8) is 0 Å². The van der Waals surface area contributed by atoms with Gasteiger partial charge in [0.05, 0.1) is 12.6 Å². The number of hydrogen-bond acceptors (Lipinski definition) is 3. The van der Waals surface area contributed by atoms with Crippen LogP contribution in [0.15, 0.2) is 24.5 Å². The number of methoxy groups -OCH3 is 1. The van der Waals surface area contributed by atoms with Gasteiger partial charge in [-0.15, -0.1) is 0 Å². The van der Waals surface area contributed by atoms with E-state index in [0.717, 1.165) is 0 Å². The molecule has 0 saturated heterocycles. The molecule has 1 fully saturated rings. The van der Waals surface area contributed by atoms with E-state index < -0.39 is 0 Å². The molecule has 1 aliphatic rings. The molecule has 76 valence electrons. The lowest BCUT2D eigenvalue weighted by molar-refractivity contribution is 0.166. The zero-order valence-corrected chi connectivity index (χ0v) is 8.44. The molecule has 0 radical (unpaired) electrons. The van der Waals surface area contributed by atoms with Crippen LogP contribution in [0.1, 0.15) is 24.4 Å². The Labute approximate surface area is 84.5 Å². The molecule has 1 N–H and O–H groups in total. The van der Waals surface area contributed by atoms with Crippen LogP contribution in [0.5, 0.6) is 0 Å². The molecule has 0 bridgehead atoms. The van der Waals surface area contributed by atoms with Crippen LogP contribution < -0.4 is 5.32 Å². The number of nitrogens with zero attached hydrogens (tertiary/aromatic N) is 1. The van der Waals surface area contributed by atoms with Gasteiger partial charge in [-0.1, -0.05) is 6.07 Å². The van der Waals surface area contributed by atoms with E-state index in [1.54, 1.807) is 13.3 Å². The second-order valence-electron chi connectivity index (χ2n) is 3.74. The van der Waals surface area contributed by atoms with Crippen molar-refractivity contribution < 1.29 is 4.74 Å². The lowest BCUT2D eigenvalue weighted by atomic mass is 10.1. The highest BCUT2D eigenvalue weighted by Crippen LogP contribution is 2.23. The van der Waals surface area contributed by atoms with Gasteiger partial charge in [-0.05, 0) is 24.5 Å². The van der Waals surface area contributed by atoms with Crippen LogP contribution >= 0.6 is 0 Å². The van der Waals surface area contributed by atoms with E-state index >= 15 is 0 Å². The second kappa shape index (κ2) is 4.53.